The number of benzene rings is 2. The fourth-order valence-corrected chi connectivity index (χ4v) is 2.56. The number of phenolic OH excluding ortho intramolecular Hbond substituents is 1. The predicted octanol–water partition coefficient (Wildman–Crippen LogP) is 3.12. The summed E-state index contributed by atoms with van der Waals surface area (Å²) in [5.41, 5.74) is 1.05. The van der Waals surface area contributed by atoms with Crippen LogP contribution in [-0.2, 0) is 0 Å². The van der Waals surface area contributed by atoms with Gasteiger partial charge in [-0.05, 0) is 29.8 Å². The first kappa shape index (κ1) is 14.3. The summed E-state index contributed by atoms with van der Waals surface area (Å²) in [5.74, 6) is 1.20. The molecule has 0 aromatic heterocycles. The van der Waals surface area contributed by atoms with E-state index in [4.69, 9.17) is 14.2 Å². The maximum absolute atomic E-state index is 12.4. The summed E-state index contributed by atoms with van der Waals surface area (Å²) in [6, 6.07) is 10.4. The van der Waals surface area contributed by atoms with Crippen molar-refractivity contribution in [2.45, 2.75) is 12.5 Å². The van der Waals surface area contributed by atoms with Gasteiger partial charge in [0.2, 0.25) is 0 Å². The van der Waals surface area contributed by atoms with Crippen LogP contribution in [0, 0.1) is 0 Å². The number of rotatable bonds is 3. The zero-order chi connectivity index (χ0) is 15.7. The number of hydrogen-bond acceptors (Lipinski definition) is 5. The second-order valence-corrected chi connectivity index (χ2v) is 5.00. The number of Topliss-reactive ketones (excluding diaryl/α,β-unsaturated/α-hetero) is 1. The van der Waals surface area contributed by atoms with Gasteiger partial charge in [0.05, 0.1) is 20.6 Å². The highest BCUT2D eigenvalue weighted by Crippen LogP contribution is 2.44. The molecule has 0 radical (unpaired) electrons. The number of aromatic hydroxyl groups is 1. The van der Waals surface area contributed by atoms with Crippen molar-refractivity contribution < 1.29 is 24.1 Å². The van der Waals surface area contributed by atoms with Crippen LogP contribution < -0.4 is 14.2 Å². The number of hydrogen-bond donors (Lipinski definition) is 1. The first-order valence-electron chi connectivity index (χ1n) is 6.87. The van der Waals surface area contributed by atoms with Gasteiger partial charge in [0.1, 0.15) is 23.2 Å². The van der Waals surface area contributed by atoms with Gasteiger partial charge in [-0.3, -0.25) is 4.79 Å². The maximum atomic E-state index is 12.4. The van der Waals surface area contributed by atoms with Crippen LogP contribution in [0.1, 0.15) is 28.4 Å². The van der Waals surface area contributed by atoms with Crippen LogP contribution in [0.15, 0.2) is 36.4 Å². The van der Waals surface area contributed by atoms with Crippen LogP contribution in [0.2, 0.25) is 0 Å². The lowest BCUT2D eigenvalue weighted by atomic mass is 9.95. The average Bonchev–Trinajstić information content (AvgIpc) is 2.55. The largest absolute Gasteiger partial charge is 0.507 e. The summed E-state index contributed by atoms with van der Waals surface area (Å²) < 4.78 is 16.3. The van der Waals surface area contributed by atoms with Gasteiger partial charge in [-0.25, -0.2) is 0 Å². The van der Waals surface area contributed by atoms with E-state index >= 15 is 0 Å². The number of methoxy groups -OCH3 is 2. The number of carbonyl (C=O) groups is 1. The normalized spacial score (nSPS) is 16.6. The average molecular weight is 300 g/mol. The van der Waals surface area contributed by atoms with Gasteiger partial charge in [0.15, 0.2) is 17.3 Å². The van der Waals surface area contributed by atoms with E-state index in [0.29, 0.717) is 11.5 Å². The van der Waals surface area contributed by atoms with E-state index in [1.165, 1.54) is 13.2 Å². The standard InChI is InChI=1S/C17H16O5/c1-20-11-5-3-10(4-6-11)15-9-13(19)16-12(18)7-8-14(21-2)17(16)22-15/h3-8,15,18H,9H2,1-2H3. The van der Waals surface area contributed by atoms with Crippen molar-refractivity contribution in [2.24, 2.45) is 0 Å². The zero-order valence-electron chi connectivity index (χ0n) is 12.3. The number of ketones is 1. The van der Waals surface area contributed by atoms with Crippen molar-refractivity contribution in [2.75, 3.05) is 14.2 Å². The van der Waals surface area contributed by atoms with E-state index < -0.39 is 6.10 Å². The predicted molar refractivity (Wildman–Crippen MR) is 80.0 cm³/mol. The smallest absolute Gasteiger partial charge is 0.176 e. The third kappa shape index (κ3) is 2.35. The van der Waals surface area contributed by atoms with Crippen molar-refractivity contribution in [1.82, 2.24) is 0 Å². The Morgan fingerprint density at radius 2 is 1.82 bits per heavy atom. The molecule has 0 bridgehead atoms. The number of ether oxygens (including phenoxy) is 3. The minimum absolute atomic E-state index is 0.0889. The van der Waals surface area contributed by atoms with Crippen LogP contribution in [0.4, 0.5) is 0 Å². The molecule has 0 fully saturated rings. The Kier molecular flexibility index (Phi) is 3.63. The molecule has 0 aliphatic carbocycles. The molecule has 1 heterocycles. The van der Waals surface area contributed by atoms with E-state index in [0.717, 1.165) is 11.3 Å². The van der Waals surface area contributed by atoms with E-state index in [2.05, 4.69) is 0 Å². The third-order valence-electron chi connectivity index (χ3n) is 3.72. The summed E-state index contributed by atoms with van der Waals surface area (Å²) in [6.07, 6.45) is -0.248. The monoisotopic (exact) mass is 300 g/mol. The molecule has 1 unspecified atom stereocenters. The summed E-state index contributed by atoms with van der Waals surface area (Å²) in [5, 5.41) is 9.90. The quantitative estimate of drug-likeness (QED) is 0.943. The Bertz CT molecular complexity index is 706. The molecular formula is C17H16O5. The second kappa shape index (κ2) is 5.60. The molecule has 2 aromatic carbocycles. The van der Waals surface area contributed by atoms with Gasteiger partial charge < -0.3 is 19.3 Å². The summed E-state index contributed by atoms with van der Waals surface area (Å²) in [6.45, 7) is 0. The maximum Gasteiger partial charge on any atom is 0.176 e. The number of phenols is 1. The molecule has 5 nitrogen and oxygen atoms in total. The van der Waals surface area contributed by atoms with Crippen LogP contribution in [0.3, 0.4) is 0 Å². The third-order valence-corrected chi connectivity index (χ3v) is 3.72. The van der Waals surface area contributed by atoms with Gasteiger partial charge in [-0.1, -0.05) is 12.1 Å². The molecule has 114 valence electrons. The van der Waals surface area contributed by atoms with Crippen LogP contribution in [-0.4, -0.2) is 25.1 Å². The Labute approximate surface area is 128 Å². The minimum Gasteiger partial charge on any atom is -0.507 e. The van der Waals surface area contributed by atoms with Crippen LogP contribution in [0.25, 0.3) is 0 Å². The second-order valence-electron chi connectivity index (χ2n) is 5.00. The molecule has 1 aliphatic heterocycles. The molecule has 22 heavy (non-hydrogen) atoms. The first-order valence-corrected chi connectivity index (χ1v) is 6.87. The van der Waals surface area contributed by atoms with E-state index in [-0.39, 0.29) is 23.5 Å². The Hall–Kier alpha value is -2.69. The van der Waals surface area contributed by atoms with Crippen LogP contribution in [0.5, 0.6) is 23.0 Å². The van der Waals surface area contributed by atoms with Crippen molar-refractivity contribution >= 4 is 5.78 Å². The molecule has 5 heteroatoms. The lowest BCUT2D eigenvalue weighted by molar-refractivity contribution is 0.0837. The minimum atomic E-state index is -0.415. The molecule has 1 atom stereocenters. The van der Waals surface area contributed by atoms with Crippen molar-refractivity contribution in [3.63, 3.8) is 0 Å². The van der Waals surface area contributed by atoms with Gasteiger partial charge in [0, 0.05) is 0 Å². The van der Waals surface area contributed by atoms with E-state index in [9.17, 15) is 9.90 Å². The number of carbonyl (C=O) groups excluding carboxylic acids is 1. The van der Waals surface area contributed by atoms with E-state index in [1.54, 1.807) is 13.2 Å². The lowest BCUT2D eigenvalue weighted by Gasteiger charge is -2.27. The molecular weight excluding hydrogens is 284 g/mol. The molecule has 0 saturated heterocycles. The van der Waals surface area contributed by atoms with Gasteiger partial charge in [0.25, 0.3) is 0 Å². The molecule has 3 rings (SSSR count). The topological polar surface area (TPSA) is 65.0 Å². The molecule has 1 aliphatic rings. The Balaban J connectivity index is 1.99. The molecule has 0 spiro atoms. The summed E-state index contributed by atoms with van der Waals surface area (Å²) >= 11 is 0. The molecule has 1 N–H and O–H groups in total. The first-order chi connectivity index (χ1) is 10.6. The van der Waals surface area contributed by atoms with Gasteiger partial charge in [-0.15, -0.1) is 0 Å². The Morgan fingerprint density at radius 1 is 1.09 bits per heavy atom. The highest BCUT2D eigenvalue weighted by molar-refractivity contribution is 6.03. The van der Waals surface area contributed by atoms with Gasteiger partial charge >= 0.3 is 0 Å². The van der Waals surface area contributed by atoms with Crippen LogP contribution >= 0.6 is 0 Å². The van der Waals surface area contributed by atoms with Gasteiger partial charge in [-0.2, -0.15) is 0 Å². The number of fused-ring (bicyclic) bond motifs is 1. The highest BCUT2D eigenvalue weighted by Gasteiger charge is 2.32. The van der Waals surface area contributed by atoms with Crippen molar-refractivity contribution in [3.8, 4) is 23.0 Å². The van der Waals surface area contributed by atoms with E-state index in [1.807, 2.05) is 24.3 Å². The van der Waals surface area contributed by atoms with Crippen molar-refractivity contribution in [1.29, 1.82) is 0 Å². The Morgan fingerprint density at radius 3 is 2.45 bits per heavy atom. The zero-order valence-corrected chi connectivity index (χ0v) is 12.3. The SMILES string of the molecule is COc1ccc(C2CC(=O)c3c(O)ccc(OC)c3O2)cc1. The summed E-state index contributed by atoms with van der Waals surface area (Å²) in [7, 11) is 3.09. The van der Waals surface area contributed by atoms with Crippen molar-refractivity contribution in [3.05, 3.63) is 47.5 Å². The highest BCUT2D eigenvalue weighted by atomic mass is 16.5. The summed E-state index contributed by atoms with van der Waals surface area (Å²) in [4.78, 5) is 12.4. The molecule has 0 amide bonds. The fourth-order valence-electron chi connectivity index (χ4n) is 2.56. The molecule has 0 saturated carbocycles. The lowest BCUT2D eigenvalue weighted by Crippen LogP contribution is -2.21. The molecule has 2 aromatic rings. The fraction of sp³-hybridized carbons (Fsp3) is 0.235.